The van der Waals surface area contributed by atoms with Gasteiger partial charge in [0.2, 0.25) is 5.95 Å². The Kier molecular flexibility index (Phi) is 5.21. The van der Waals surface area contributed by atoms with Gasteiger partial charge in [-0.15, -0.1) is 0 Å². The van der Waals surface area contributed by atoms with Gasteiger partial charge in [-0.05, 0) is 36.4 Å². The Labute approximate surface area is 165 Å². The summed E-state index contributed by atoms with van der Waals surface area (Å²) in [6.07, 6.45) is 1.66. The highest BCUT2D eigenvalue weighted by atomic mass is 16.1. The maximum atomic E-state index is 12.8. The average molecular weight is 375 g/mol. The van der Waals surface area contributed by atoms with Gasteiger partial charge in [0.1, 0.15) is 5.69 Å². The summed E-state index contributed by atoms with van der Waals surface area (Å²) in [5.41, 5.74) is 1.50. The number of amides is 1. The second-order valence-corrected chi connectivity index (χ2v) is 7.30. The van der Waals surface area contributed by atoms with Crippen molar-refractivity contribution in [2.75, 3.05) is 38.1 Å². The van der Waals surface area contributed by atoms with Crippen LogP contribution in [0.4, 0.5) is 5.95 Å². The van der Waals surface area contributed by atoms with Crippen LogP contribution in [0, 0.1) is 0 Å². The number of piperazine rings is 1. The smallest absolute Gasteiger partial charge is 0.270 e. The summed E-state index contributed by atoms with van der Waals surface area (Å²) in [6.45, 7) is 5.68. The lowest BCUT2D eigenvalue weighted by Crippen LogP contribution is -2.45. The highest BCUT2D eigenvalue weighted by Crippen LogP contribution is 2.24. The first kappa shape index (κ1) is 18.4. The highest BCUT2D eigenvalue weighted by molar-refractivity contribution is 5.93. The van der Waals surface area contributed by atoms with Crippen molar-refractivity contribution < 1.29 is 4.79 Å². The molecule has 2 heterocycles. The second-order valence-electron chi connectivity index (χ2n) is 7.30. The van der Waals surface area contributed by atoms with Crippen LogP contribution in [-0.2, 0) is 0 Å². The van der Waals surface area contributed by atoms with Crippen LogP contribution in [0.1, 0.15) is 29.0 Å². The molecule has 28 heavy (non-hydrogen) atoms. The zero-order valence-electron chi connectivity index (χ0n) is 16.3. The lowest BCUT2D eigenvalue weighted by Gasteiger charge is -2.32. The zero-order chi connectivity index (χ0) is 19.5. The maximum absolute atomic E-state index is 12.8. The van der Waals surface area contributed by atoms with Crippen LogP contribution in [0.2, 0.25) is 0 Å². The molecule has 144 valence electrons. The van der Waals surface area contributed by atoms with Crippen LogP contribution in [0.15, 0.2) is 54.7 Å². The first-order chi connectivity index (χ1) is 13.6. The summed E-state index contributed by atoms with van der Waals surface area (Å²) in [6, 6.07) is 15.9. The van der Waals surface area contributed by atoms with E-state index >= 15 is 0 Å². The van der Waals surface area contributed by atoms with Crippen LogP contribution in [0.3, 0.4) is 0 Å². The first-order valence-electron chi connectivity index (χ1n) is 9.67. The van der Waals surface area contributed by atoms with Crippen molar-refractivity contribution in [1.29, 1.82) is 0 Å². The molecule has 1 aromatic heterocycles. The van der Waals surface area contributed by atoms with E-state index in [0.717, 1.165) is 37.1 Å². The van der Waals surface area contributed by atoms with Crippen LogP contribution < -0.4 is 10.2 Å². The third-order valence-corrected chi connectivity index (χ3v) is 5.30. The van der Waals surface area contributed by atoms with E-state index in [1.807, 2.05) is 25.1 Å². The molecule has 1 amide bonds. The molecular weight excluding hydrogens is 350 g/mol. The predicted octanol–water partition coefficient (Wildman–Crippen LogP) is 2.87. The molecule has 0 saturated carbocycles. The zero-order valence-corrected chi connectivity index (χ0v) is 16.3. The quantitative estimate of drug-likeness (QED) is 0.760. The maximum Gasteiger partial charge on any atom is 0.270 e. The number of aromatic nitrogens is 2. The first-order valence-corrected chi connectivity index (χ1v) is 9.67. The molecule has 4 rings (SSSR count). The number of fused-ring (bicyclic) bond motifs is 1. The Morgan fingerprint density at radius 1 is 1.04 bits per heavy atom. The van der Waals surface area contributed by atoms with E-state index in [9.17, 15) is 4.79 Å². The Balaban J connectivity index is 1.51. The normalized spacial score (nSPS) is 16.1. The largest absolute Gasteiger partial charge is 0.344 e. The van der Waals surface area contributed by atoms with Gasteiger partial charge in [0.25, 0.3) is 5.91 Å². The molecule has 2 aromatic carbocycles. The van der Waals surface area contributed by atoms with Crippen LogP contribution >= 0.6 is 0 Å². The fraction of sp³-hybridized carbons (Fsp3) is 0.318. The summed E-state index contributed by atoms with van der Waals surface area (Å²) in [7, 11) is 2.11. The van der Waals surface area contributed by atoms with Gasteiger partial charge in [0.15, 0.2) is 0 Å². The summed E-state index contributed by atoms with van der Waals surface area (Å²) < 4.78 is 0. The molecule has 1 fully saturated rings. The Bertz CT molecular complexity index is 976. The topological polar surface area (TPSA) is 61.4 Å². The fourth-order valence-electron chi connectivity index (χ4n) is 3.61. The van der Waals surface area contributed by atoms with E-state index in [1.54, 1.807) is 12.3 Å². The molecular formula is C22H25N5O. The highest BCUT2D eigenvalue weighted by Gasteiger charge is 2.19. The number of nitrogens with zero attached hydrogens (tertiary/aromatic N) is 4. The molecule has 1 unspecified atom stereocenters. The molecule has 0 bridgehead atoms. The minimum atomic E-state index is -0.182. The molecule has 6 heteroatoms. The number of carbonyl (C=O) groups is 1. The van der Waals surface area contributed by atoms with Gasteiger partial charge in [-0.3, -0.25) is 4.79 Å². The molecule has 1 saturated heterocycles. The van der Waals surface area contributed by atoms with Gasteiger partial charge in [0, 0.05) is 32.4 Å². The van der Waals surface area contributed by atoms with Gasteiger partial charge in [0.05, 0.1) is 6.04 Å². The van der Waals surface area contributed by atoms with Crippen molar-refractivity contribution in [2.45, 2.75) is 13.0 Å². The van der Waals surface area contributed by atoms with E-state index < -0.39 is 0 Å². The van der Waals surface area contributed by atoms with Gasteiger partial charge in [-0.1, -0.05) is 42.5 Å². The Morgan fingerprint density at radius 2 is 1.79 bits per heavy atom. The number of likely N-dealkylation sites (N-methyl/N-ethyl adjacent to an activating group) is 1. The van der Waals surface area contributed by atoms with Crippen LogP contribution in [0.5, 0.6) is 0 Å². The van der Waals surface area contributed by atoms with Crippen LogP contribution in [0.25, 0.3) is 10.8 Å². The molecule has 0 spiro atoms. The van der Waals surface area contributed by atoms with Crippen molar-refractivity contribution in [2.24, 2.45) is 0 Å². The summed E-state index contributed by atoms with van der Waals surface area (Å²) in [5, 5.41) is 5.40. The van der Waals surface area contributed by atoms with Crippen molar-refractivity contribution in [1.82, 2.24) is 20.2 Å². The monoisotopic (exact) mass is 375 g/mol. The predicted molar refractivity (Wildman–Crippen MR) is 112 cm³/mol. The average Bonchev–Trinajstić information content (AvgIpc) is 2.74. The van der Waals surface area contributed by atoms with E-state index in [-0.39, 0.29) is 11.9 Å². The molecule has 0 radical (unpaired) electrons. The lowest BCUT2D eigenvalue weighted by atomic mass is 9.99. The van der Waals surface area contributed by atoms with E-state index in [0.29, 0.717) is 11.6 Å². The molecule has 1 aliphatic heterocycles. The minimum absolute atomic E-state index is 0.124. The minimum Gasteiger partial charge on any atom is -0.344 e. The van der Waals surface area contributed by atoms with Crippen LogP contribution in [-0.4, -0.2) is 54.0 Å². The fourth-order valence-corrected chi connectivity index (χ4v) is 3.61. The molecule has 0 aliphatic carbocycles. The van der Waals surface area contributed by atoms with Crippen molar-refractivity contribution >= 4 is 22.6 Å². The van der Waals surface area contributed by atoms with Crippen molar-refractivity contribution in [3.05, 3.63) is 66.0 Å². The van der Waals surface area contributed by atoms with Crippen molar-refractivity contribution in [3.8, 4) is 0 Å². The standard InChI is InChI=1S/C22H25N5O/c1-16(18-9-5-7-17-6-3-4-8-19(17)18)24-21(28)20-10-11-23-22(25-20)27-14-12-26(2)13-15-27/h3-11,16H,12-15H2,1-2H3,(H,24,28). The Hall–Kier alpha value is -2.99. The van der Waals surface area contributed by atoms with Gasteiger partial charge in [-0.25, -0.2) is 9.97 Å². The third kappa shape index (κ3) is 3.82. The number of rotatable bonds is 4. The lowest BCUT2D eigenvalue weighted by molar-refractivity contribution is 0.0935. The molecule has 6 nitrogen and oxygen atoms in total. The second kappa shape index (κ2) is 7.94. The van der Waals surface area contributed by atoms with Gasteiger partial charge < -0.3 is 15.1 Å². The van der Waals surface area contributed by atoms with E-state index in [2.05, 4.69) is 56.4 Å². The number of nitrogens with one attached hydrogen (secondary N) is 1. The Morgan fingerprint density at radius 3 is 2.61 bits per heavy atom. The number of carbonyl (C=O) groups excluding carboxylic acids is 1. The number of anilines is 1. The van der Waals surface area contributed by atoms with E-state index in [4.69, 9.17) is 0 Å². The van der Waals surface area contributed by atoms with Gasteiger partial charge >= 0.3 is 0 Å². The molecule has 1 atom stereocenters. The third-order valence-electron chi connectivity index (χ3n) is 5.30. The van der Waals surface area contributed by atoms with E-state index in [1.165, 1.54) is 5.39 Å². The van der Waals surface area contributed by atoms with Gasteiger partial charge in [-0.2, -0.15) is 0 Å². The van der Waals surface area contributed by atoms with Crippen molar-refractivity contribution in [3.63, 3.8) is 0 Å². The number of benzene rings is 2. The summed E-state index contributed by atoms with van der Waals surface area (Å²) in [4.78, 5) is 26.1. The summed E-state index contributed by atoms with van der Waals surface area (Å²) >= 11 is 0. The number of hydrogen-bond acceptors (Lipinski definition) is 5. The number of hydrogen-bond donors (Lipinski definition) is 1. The SMILES string of the molecule is CC(NC(=O)c1ccnc(N2CCN(C)CC2)n1)c1cccc2ccccc12. The molecule has 1 N–H and O–H groups in total. The molecule has 1 aliphatic rings. The summed E-state index contributed by atoms with van der Waals surface area (Å²) in [5.74, 6) is 0.441. The molecule has 3 aromatic rings.